The lowest BCUT2D eigenvalue weighted by atomic mass is 10.1. The van der Waals surface area contributed by atoms with Crippen molar-refractivity contribution in [2.75, 3.05) is 39.1 Å². The lowest BCUT2D eigenvalue weighted by Crippen LogP contribution is -2.29. The van der Waals surface area contributed by atoms with Crippen molar-refractivity contribution in [3.05, 3.63) is 21.0 Å². The van der Waals surface area contributed by atoms with E-state index in [2.05, 4.69) is 26.3 Å². The predicted octanol–water partition coefficient (Wildman–Crippen LogP) is 1.39. The molecule has 0 spiro atoms. The third-order valence-electron chi connectivity index (χ3n) is 3.24. The lowest BCUT2D eigenvalue weighted by molar-refractivity contribution is 0.229. The van der Waals surface area contributed by atoms with Crippen LogP contribution < -0.4 is 10.9 Å². The summed E-state index contributed by atoms with van der Waals surface area (Å²) in [4.78, 5) is 14.2. The van der Waals surface area contributed by atoms with Gasteiger partial charge in [-0.05, 0) is 48.8 Å². The van der Waals surface area contributed by atoms with Gasteiger partial charge in [-0.2, -0.15) is 5.10 Å². The van der Waals surface area contributed by atoms with E-state index in [1.165, 1.54) is 4.68 Å². The maximum Gasteiger partial charge on any atom is 0.283 e. The Balaban J connectivity index is 2.57. The van der Waals surface area contributed by atoms with Gasteiger partial charge in [-0.1, -0.05) is 6.92 Å². The van der Waals surface area contributed by atoms with Gasteiger partial charge in [0.2, 0.25) is 0 Å². The van der Waals surface area contributed by atoms with Crippen molar-refractivity contribution in [2.24, 2.45) is 5.92 Å². The molecular weight excluding hydrogens is 336 g/mol. The molecule has 1 aromatic rings. The summed E-state index contributed by atoms with van der Waals surface area (Å²) in [5, 5.41) is 16.4. The number of rotatable bonds is 9. The molecule has 120 valence electrons. The first kappa shape index (κ1) is 18.1. The first-order valence-corrected chi connectivity index (χ1v) is 8.00. The SMILES string of the molecule is CC(CO)CCCNc1cnn(CCN(C)C)c(=O)c1Br. The molecule has 0 aliphatic carbocycles. The summed E-state index contributed by atoms with van der Waals surface area (Å²) >= 11 is 3.34. The molecule has 0 saturated heterocycles. The minimum absolute atomic E-state index is 0.120. The van der Waals surface area contributed by atoms with Gasteiger partial charge >= 0.3 is 0 Å². The topological polar surface area (TPSA) is 70.4 Å². The largest absolute Gasteiger partial charge is 0.396 e. The molecule has 1 unspecified atom stereocenters. The molecule has 1 atom stereocenters. The highest BCUT2D eigenvalue weighted by Gasteiger charge is 2.09. The van der Waals surface area contributed by atoms with Gasteiger partial charge in [0.1, 0.15) is 4.47 Å². The number of hydrogen-bond donors (Lipinski definition) is 2. The number of nitrogens with zero attached hydrogens (tertiary/aromatic N) is 3. The first-order chi connectivity index (χ1) is 9.95. The normalized spacial score (nSPS) is 12.7. The Labute approximate surface area is 134 Å². The Kier molecular flexibility index (Phi) is 7.92. The van der Waals surface area contributed by atoms with Crippen LogP contribution in [0.5, 0.6) is 0 Å². The fraction of sp³-hybridized carbons (Fsp3) is 0.714. The van der Waals surface area contributed by atoms with Crippen molar-refractivity contribution >= 4 is 21.6 Å². The number of aromatic nitrogens is 2. The Morgan fingerprint density at radius 2 is 2.24 bits per heavy atom. The lowest BCUT2D eigenvalue weighted by Gasteiger charge is -2.13. The molecule has 0 bridgehead atoms. The zero-order chi connectivity index (χ0) is 15.8. The molecule has 2 N–H and O–H groups in total. The van der Waals surface area contributed by atoms with Gasteiger partial charge in [-0.3, -0.25) is 4.79 Å². The van der Waals surface area contributed by atoms with Crippen LogP contribution in [0.25, 0.3) is 0 Å². The second-order valence-electron chi connectivity index (χ2n) is 5.56. The summed E-state index contributed by atoms with van der Waals surface area (Å²) in [6, 6.07) is 0. The third-order valence-corrected chi connectivity index (χ3v) is 4.01. The molecule has 1 aromatic heterocycles. The summed E-state index contributed by atoms with van der Waals surface area (Å²) < 4.78 is 1.98. The monoisotopic (exact) mass is 360 g/mol. The van der Waals surface area contributed by atoms with Crippen LogP contribution >= 0.6 is 15.9 Å². The highest BCUT2D eigenvalue weighted by Crippen LogP contribution is 2.16. The average Bonchev–Trinajstić information content (AvgIpc) is 2.46. The molecule has 0 aliphatic rings. The number of hydrogen-bond acceptors (Lipinski definition) is 5. The number of aliphatic hydroxyl groups excluding tert-OH is 1. The van der Waals surface area contributed by atoms with Gasteiger partial charge in [0.15, 0.2) is 0 Å². The Bertz CT molecular complexity index is 490. The van der Waals surface area contributed by atoms with Crippen LogP contribution in [0.15, 0.2) is 15.5 Å². The Morgan fingerprint density at radius 3 is 2.86 bits per heavy atom. The predicted molar refractivity (Wildman–Crippen MR) is 88.7 cm³/mol. The smallest absolute Gasteiger partial charge is 0.283 e. The first-order valence-electron chi connectivity index (χ1n) is 7.20. The van der Waals surface area contributed by atoms with E-state index in [9.17, 15) is 4.79 Å². The summed E-state index contributed by atoms with van der Waals surface area (Å²) in [5.41, 5.74) is 0.600. The van der Waals surface area contributed by atoms with Gasteiger partial charge in [-0.25, -0.2) is 4.68 Å². The molecule has 1 rings (SSSR count). The molecule has 7 heteroatoms. The van der Waals surface area contributed by atoms with E-state index in [4.69, 9.17) is 5.11 Å². The number of halogens is 1. The highest BCUT2D eigenvalue weighted by molar-refractivity contribution is 9.10. The van der Waals surface area contributed by atoms with Crippen LogP contribution in [0.4, 0.5) is 5.69 Å². The quantitative estimate of drug-likeness (QED) is 0.651. The maximum absolute atomic E-state index is 12.2. The Morgan fingerprint density at radius 1 is 1.52 bits per heavy atom. The molecule has 0 aliphatic heterocycles. The molecular formula is C14H25BrN4O2. The summed E-state index contributed by atoms with van der Waals surface area (Å²) in [6.07, 6.45) is 3.57. The molecule has 1 heterocycles. The van der Waals surface area contributed by atoms with Crippen LogP contribution in [0.3, 0.4) is 0 Å². The van der Waals surface area contributed by atoms with E-state index >= 15 is 0 Å². The minimum Gasteiger partial charge on any atom is -0.396 e. The zero-order valence-electron chi connectivity index (χ0n) is 13.0. The molecule has 0 saturated carbocycles. The van der Waals surface area contributed by atoms with Crippen molar-refractivity contribution < 1.29 is 5.11 Å². The molecule has 0 fully saturated rings. The van der Waals surface area contributed by atoms with E-state index < -0.39 is 0 Å². The van der Waals surface area contributed by atoms with Crippen molar-refractivity contribution in [2.45, 2.75) is 26.3 Å². The standard InChI is InChI=1S/C14H25BrN4O2/c1-11(10-20)5-4-6-16-12-9-17-19(8-7-18(2)3)14(21)13(12)15/h9,11,16,20H,4-8,10H2,1-3H3. The fourth-order valence-electron chi connectivity index (χ4n) is 1.81. The Hall–Kier alpha value is -0.920. The minimum atomic E-state index is -0.120. The van der Waals surface area contributed by atoms with Crippen molar-refractivity contribution in [3.8, 4) is 0 Å². The van der Waals surface area contributed by atoms with Crippen LogP contribution in [-0.2, 0) is 6.54 Å². The second kappa shape index (κ2) is 9.17. The summed E-state index contributed by atoms with van der Waals surface area (Å²) in [5.74, 6) is 0.312. The van der Waals surface area contributed by atoms with Crippen LogP contribution in [0.2, 0.25) is 0 Å². The zero-order valence-corrected chi connectivity index (χ0v) is 14.6. The van der Waals surface area contributed by atoms with Crippen molar-refractivity contribution in [3.63, 3.8) is 0 Å². The number of aliphatic hydroxyl groups is 1. The molecule has 6 nitrogen and oxygen atoms in total. The van der Waals surface area contributed by atoms with E-state index in [0.29, 0.717) is 16.9 Å². The van der Waals surface area contributed by atoms with E-state index in [1.807, 2.05) is 25.9 Å². The number of anilines is 1. The van der Waals surface area contributed by atoms with Gasteiger partial charge in [0.05, 0.1) is 18.4 Å². The van der Waals surface area contributed by atoms with Gasteiger partial charge in [0.25, 0.3) is 5.56 Å². The van der Waals surface area contributed by atoms with E-state index in [1.54, 1.807) is 6.20 Å². The second-order valence-corrected chi connectivity index (χ2v) is 6.35. The van der Waals surface area contributed by atoms with Crippen molar-refractivity contribution in [1.82, 2.24) is 14.7 Å². The van der Waals surface area contributed by atoms with Gasteiger partial charge < -0.3 is 15.3 Å². The molecule has 0 aromatic carbocycles. The average molecular weight is 361 g/mol. The number of nitrogens with one attached hydrogen (secondary N) is 1. The third kappa shape index (κ3) is 6.15. The van der Waals surface area contributed by atoms with Crippen molar-refractivity contribution in [1.29, 1.82) is 0 Å². The van der Waals surface area contributed by atoms with E-state index in [0.717, 1.165) is 31.6 Å². The van der Waals surface area contributed by atoms with Crippen LogP contribution in [0, 0.1) is 5.92 Å². The highest BCUT2D eigenvalue weighted by atomic mass is 79.9. The van der Waals surface area contributed by atoms with Gasteiger partial charge in [-0.15, -0.1) is 0 Å². The van der Waals surface area contributed by atoms with Crippen LogP contribution in [0.1, 0.15) is 19.8 Å². The fourth-order valence-corrected chi connectivity index (χ4v) is 2.25. The molecule has 0 radical (unpaired) electrons. The number of likely N-dealkylation sites (N-methyl/N-ethyl adjacent to an activating group) is 1. The molecule has 21 heavy (non-hydrogen) atoms. The van der Waals surface area contributed by atoms with Crippen LogP contribution in [-0.4, -0.2) is 53.6 Å². The van der Waals surface area contributed by atoms with E-state index in [-0.39, 0.29) is 12.2 Å². The summed E-state index contributed by atoms with van der Waals surface area (Å²) in [6.45, 7) is 4.33. The molecule has 0 amide bonds. The van der Waals surface area contributed by atoms with Gasteiger partial charge in [0, 0.05) is 19.7 Å². The summed E-state index contributed by atoms with van der Waals surface area (Å²) in [7, 11) is 3.92. The maximum atomic E-state index is 12.2.